The Kier molecular flexibility index (Phi) is 4.76. The van der Waals surface area contributed by atoms with Crippen LogP contribution in [0, 0.1) is 16.7 Å². The summed E-state index contributed by atoms with van der Waals surface area (Å²) in [5, 5.41) is 9.53. The monoisotopic (exact) mass is 346 g/mol. The second-order valence-corrected chi connectivity index (χ2v) is 7.41. The highest BCUT2D eigenvalue weighted by molar-refractivity contribution is 6.04. The predicted molar refractivity (Wildman–Crippen MR) is 100 cm³/mol. The van der Waals surface area contributed by atoms with Crippen LogP contribution in [-0.4, -0.2) is 24.5 Å². The topological polar surface area (TPSA) is 63.0 Å². The van der Waals surface area contributed by atoms with Gasteiger partial charge in [-0.1, -0.05) is 50.2 Å². The summed E-state index contributed by atoms with van der Waals surface area (Å²) in [5.74, 6) is -0.121. The summed E-state index contributed by atoms with van der Waals surface area (Å²) in [6.07, 6.45) is 4.05. The fraction of sp³-hybridized carbons (Fsp3) is 0.318. The van der Waals surface area contributed by atoms with E-state index < -0.39 is 10.8 Å². The first-order chi connectivity index (χ1) is 12.4. The Hall–Kier alpha value is -2.77. The van der Waals surface area contributed by atoms with Crippen molar-refractivity contribution in [2.75, 3.05) is 13.7 Å². The number of hydrogen-bond donors (Lipinski definition) is 0. The third-order valence-electron chi connectivity index (χ3n) is 4.92. The fourth-order valence-electron chi connectivity index (χ4n) is 3.93. The zero-order chi connectivity index (χ0) is 18.8. The van der Waals surface area contributed by atoms with Gasteiger partial charge in [0.15, 0.2) is 5.78 Å². The number of ether oxygens (including phenoxy) is 1. The number of aromatic nitrogens is 1. The molecule has 0 fully saturated rings. The van der Waals surface area contributed by atoms with Gasteiger partial charge in [0.1, 0.15) is 6.07 Å². The van der Waals surface area contributed by atoms with Crippen molar-refractivity contribution >= 4 is 5.78 Å². The van der Waals surface area contributed by atoms with E-state index in [9.17, 15) is 10.1 Å². The van der Waals surface area contributed by atoms with Gasteiger partial charge in [-0.2, -0.15) is 5.26 Å². The lowest BCUT2D eigenvalue weighted by Gasteiger charge is -2.41. The van der Waals surface area contributed by atoms with Gasteiger partial charge in [0.05, 0.1) is 23.3 Å². The number of pyridine rings is 1. The molecule has 0 amide bonds. The normalized spacial score (nSPS) is 21.8. The number of carbonyl (C=O) groups is 1. The number of carbonyl (C=O) groups excluding carboxylic acids is 1. The molecule has 0 saturated heterocycles. The lowest BCUT2D eigenvalue weighted by molar-refractivity contribution is -0.125. The highest BCUT2D eigenvalue weighted by Gasteiger charge is 2.47. The van der Waals surface area contributed by atoms with Crippen LogP contribution in [0.1, 0.15) is 26.0 Å². The zero-order valence-electron chi connectivity index (χ0n) is 15.3. The minimum atomic E-state index is -0.663. The van der Waals surface area contributed by atoms with Crippen molar-refractivity contribution in [3.63, 3.8) is 0 Å². The van der Waals surface area contributed by atoms with E-state index in [2.05, 4.69) is 11.1 Å². The molecule has 3 rings (SSSR count). The molecule has 1 atom stereocenters. The van der Waals surface area contributed by atoms with Gasteiger partial charge >= 0.3 is 0 Å². The average Bonchev–Trinajstić information content (AvgIpc) is 2.65. The number of allylic oxidation sites excluding steroid dienone is 1. The van der Waals surface area contributed by atoms with E-state index in [0.29, 0.717) is 13.0 Å². The summed E-state index contributed by atoms with van der Waals surface area (Å²) < 4.78 is 5.55. The maximum Gasteiger partial charge on any atom is 0.178 e. The molecule has 4 nitrogen and oxygen atoms in total. The molecule has 26 heavy (non-hydrogen) atoms. The Bertz CT molecular complexity index is 894. The number of hydrogen-bond acceptors (Lipinski definition) is 4. The van der Waals surface area contributed by atoms with Crippen LogP contribution in [0.4, 0.5) is 0 Å². The van der Waals surface area contributed by atoms with Crippen LogP contribution >= 0.6 is 0 Å². The van der Waals surface area contributed by atoms with E-state index in [1.807, 2.05) is 56.3 Å². The second kappa shape index (κ2) is 6.86. The highest BCUT2D eigenvalue weighted by atomic mass is 16.5. The van der Waals surface area contributed by atoms with Gasteiger partial charge in [0, 0.05) is 24.3 Å². The summed E-state index contributed by atoms with van der Waals surface area (Å²) in [6, 6.07) is 16.0. The first-order valence-corrected chi connectivity index (χ1v) is 8.61. The molecule has 1 aliphatic carbocycles. The van der Waals surface area contributed by atoms with Crippen LogP contribution in [0.5, 0.6) is 0 Å². The molecule has 0 bridgehead atoms. The molecule has 2 aromatic rings. The first kappa shape index (κ1) is 18.0. The second-order valence-electron chi connectivity index (χ2n) is 7.41. The summed E-state index contributed by atoms with van der Waals surface area (Å²) in [4.78, 5) is 17.3. The van der Waals surface area contributed by atoms with Crippen molar-refractivity contribution in [2.24, 2.45) is 5.41 Å². The molecule has 0 aliphatic heterocycles. The van der Waals surface area contributed by atoms with Crippen molar-refractivity contribution in [3.05, 3.63) is 66.0 Å². The van der Waals surface area contributed by atoms with E-state index in [1.54, 1.807) is 19.4 Å². The molecule has 1 aliphatic rings. The number of nitrogens with zero attached hydrogens (tertiary/aromatic N) is 2. The third-order valence-corrected chi connectivity index (χ3v) is 4.92. The van der Waals surface area contributed by atoms with Crippen LogP contribution in [-0.2, 0) is 14.9 Å². The number of ketones is 1. The van der Waals surface area contributed by atoms with Gasteiger partial charge < -0.3 is 4.74 Å². The van der Waals surface area contributed by atoms with Crippen molar-refractivity contribution in [3.8, 4) is 17.2 Å². The van der Waals surface area contributed by atoms with Crippen LogP contribution in [0.3, 0.4) is 0 Å². The number of rotatable bonds is 4. The van der Waals surface area contributed by atoms with E-state index >= 15 is 0 Å². The molecule has 0 spiro atoms. The Morgan fingerprint density at radius 2 is 1.92 bits per heavy atom. The van der Waals surface area contributed by atoms with Crippen LogP contribution < -0.4 is 0 Å². The van der Waals surface area contributed by atoms with Gasteiger partial charge in [-0.15, -0.1) is 0 Å². The zero-order valence-corrected chi connectivity index (χ0v) is 15.3. The van der Waals surface area contributed by atoms with E-state index in [0.717, 1.165) is 16.8 Å². The van der Waals surface area contributed by atoms with Gasteiger partial charge in [0.2, 0.25) is 0 Å². The Morgan fingerprint density at radius 3 is 2.58 bits per heavy atom. The summed E-state index contributed by atoms with van der Waals surface area (Å²) >= 11 is 0. The van der Waals surface area contributed by atoms with E-state index in [-0.39, 0.29) is 11.4 Å². The molecule has 1 aromatic heterocycles. The maximum atomic E-state index is 12.6. The van der Waals surface area contributed by atoms with Gasteiger partial charge in [0.25, 0.3) is 0 Å². The van der Waals surface area contributed by atoms with E-state index in [4.69, 9.17) is 4.74 Å². The largest absolute Gasteiger partial charge is 0.383 e. The van der Waals surface area contributed by atoms with Crippen LogP contribution in [0.2, 0.25) is 0 Å². The van der Waals surface area contributed by atoms with Crippen molar-refractivity contribution in [1.82, 2.24) is 4.98 Å². The lowest BCUT2D eigenvalue weighted by Crippen LogP contribution is -2.44. The molecule has 0 saturated carbocycles. The molecule has 4 heteroatoms. The van der Waals surface area contributed by atoms with Crippen LogP contribution in [0.25, 0.3) is 11.1 Å². The van der Waals surface area contributed by atoms with Gasteiger partial charge in [-0.3, -0.25) is 9.78 Å². The number of nitriles is 1. The molecule has 1 heterocycles. The molecular formula is C22H22N2O2. The first-order valence-electron chi connectivity index (χ1n) is 8.61. The Morgan fingerprint density at radius 1 is 1.19 bits per heavy atom. The predicted octanol–water partition coefficient (Wildman–Crippen LogP) is 4.08. The number of Topliss-reactive ketones (excluding diaryl/α,β-unsaturated/α-hetero) is 1. The average molecular weight is 346 g/mol. The standard InChI is InChI=1S/C22H22N2O2/c1-21(2)14-22(15-26-3,12-17(13-23)20(21)25)19-18(10-7-11-24-19)16-8-5-4-6-9-16/h4-12H,14-15H2,1-3H3. The van der Waals surface area contributed by atoms with Gasteiger partial charge in [-0.05, 0) is 24.1 Å². The summed E-state index contributed by atoms with van der Waals surface area (Å²) in [7, 11) is 1.64. The minimum Gasteiger partial charge on any atom is -0.383 e. The number of benzene rings is 1. The molecule has 1 unspecified atom stereocenters. The van der Waals surface area contributed by atoms with Crippen LogP contribution in [0.15, 0.2) is 60.3 Å². The summed E-state index contributed by atoms with van der Waals surface area (Å²) in [6.45, 7) is 4.12. The highest BCUT2D eigenvalue weighted by Crippen LogP contribution is 2.46. The maximum absolute atomic E-state index is 12.6. The Balaban J connectivity index is 2.27. The summed E-state index contributed by atoms with van der Waals surface area (Å²) in [5.41, 5.74) is 1.76. The SMILES string of the molecule is COCC1(c2ncccc2-c2ccccc2)C=C(C#N)C(=O)C(C)(C)C1. The molecule has 0 N–H and O–H groups in total. The molecule has 132 valence electrons. The fourth-order valence-corrected chi connectivity index (χ4v) is 3.93. The quantitative estimate of drug-likeness (QED) is 0.837. The smallest absolute Gasteiger partial charge is 0.178 e. The molecule has 1 aromatic carbocycles. The molecule has 0 radical (unpaired) electrons. The van der Waals surface area contributed by atoms with Crippen molar-refractivity contribution in [1.29, 1.82) is 5.26 Å². The van der Waals surface area contributed by atoms with E-state index in [1.165, 1.54) is 0 Å². The van der Waals surface area contributed by atoms with Gasteiger partial charge in [-0.25, -0.2) is 0 Å². The number of methoxy groups -OCH3 is 1. The van der Waals surface area contributed by atoms with Crippen molar-refractivity contribution < 1.29 is 9.53 Å². The minimum absolute atomic E-state index is 0.121. The molecular weight excluding hydrogens is 324 g/mol. The Labute approximate surface area is 154 Å². The van der Waals surface area contributed by atoms with Crippen molar-refractivity contribution in [2.45, 2.75) is 25.7 Å². The third kappa shape index (κ3) is 3.07. The lowest BCUT2D eigenvalue weighted by atomic mass is 9.62.